The average Bonchev–Trinajstić information content (AvgIpc) is 2.86. The number of nitrogens with zero attached hydrogens (tertiary/aromatic N) is 3. The van der Waals surface area contributed by atoms with E-state index in [-0.39, 0.29) is 30.3 Å². The number of hydrogen-bond donors (Lipinski definition) is 1. The van der Waals surface area contributed by atoms with Crippen LogP contribution in [0.5, 0.6) is 0 Å². The number of amides is 2. The predicted octanol–water partition coefficient (Wildman–Crippen LogP) is 0.461. The summed E-state index contributed by atoms with van der Waals surface area (Å²) < 4.78 is 9.85. The maximum absolute atomic E-state index is 11.9. The van der Waals surface area contributed by atoms with Crippen LogP contribution in [0.15, 0.2) is 15.7 Å². The van der Waals surface area contributed by atoms with Crippen molar-refractivity contribution >= 4 is 29.3 Å². The molecular formula is C13H16N4O5. The maximum Gasteiger partial charge on any atom is 0.355 e. The van der Waals surface area contributed by atoms with Crippen LogP contribution in [0.3, 0.4) is 0 Å². The van der Waals surface area contributed by atoms with Gasteiger partial charge in [-0.05, 0) is 13.8 Å². The fraction of sp³-hybridized carbons (Fsp3) is 0.462. The third-order valence-corrected chi connectivity index (χ3v) is 2.98. The van der Waals surface area contributed by atoms with Gasteiger partial charge in [-0.3, -0.25) is 9.59 Å². The first-order valence-electron chi connectivity index (χ1n) is 6.66. The van der Waals surface area contributed by atoms with E-state index in [1.807, 2.05) is 0 Å². The van der Waals surface area contributed by atoms with E-state index in [1.165, 1.54) is 20.0 Å². The van der Waals surface area contributed by atoms with Crippen molar-refractivity contribution in [3.8, 4) is 0 Å². The molecule has 0 spiro atoms. The summed E-state index contributed by atoms with van der Waals surface area (Å²) in [7, 11) is 1.46. The molecule has 0 aromatic carbocycles. The molecule has 1 aromatic heterocycles. The summed E-state index contributed by atoms with van der Waals surface area (Å²) in [5.41, 5.74) is 0.110. The van der Waals surface area contributed by atoms with E-state index < -0.39 is 18.0 Å². The van der Waals surface area contributed by atoms with Crippen molar-refractivity contribution < 1.29 is 23.6 Å². The van der Waals surface area contributed by atoms with Gasteiger partial charge < -0.3 is 14.6 Å². The quantitative estimate of drug-likeness (QED) is 0.808. The lowest BCUT2D eigenvalue weighted by atomic mass is 10.2. The average molecular weight is 308 g/mol. The Morgan fingerprint density at radius 2 is 2.18 bits per heavy atom. The molecule has 9 nitrogen and oxygen atoms in total. The molecule has 2 amide bonds. The Morgan fingerprint density at radius 1 is 1.45 bits per heavy atom. The van der Waals surface area contributed by atoms with E-state index in [2.05, 4.69) is 15.6 Å². The van der Waals surface area contributed by atoms with Crippen molar-refractivity contribution in [2.45, 2.75) is 32.8 Å². The van der Waals surface area contributed by atoms with Gasteiger partial charge in [-0.15, -0.1) is 0 Å². The SMILES string of the molecule is Cc1cc(NC(=O)[C@H](C)OC(=O)C2=NN(C)C(=O)CC2)no1. The zero-order valence-electron chi connectivity index (χ0n) is 12.5. The minimum absolute atomic E-state index is 0.110. The van der Waals surface area contributed by atoms with Gasteiger partial charge in [0.25, 0.3) is 5.91 Å². The Labute approximate surface area is 126 Å². The lowest BCUT2D eigenvalue weighted by Crippen LogP contribution is -2.36. The lowest BCUT2D eigenvalue weighted by molar-refractivity contribution is -0.146. The normalized spacial score (nSPS) is 16.0. The molecule has 0 fully saturated rings. The largest absolute Gasteiger partial charge is 0.448 e. The van der Waals surface area contributed by atoms with Crippen LogP contribution in [0.25, 0.3) is 0 Å². The molecule has 9 heteroatoms. The highest BCUT2D eigenvalue weighted by Crippen LogP contribution is 2.11. The van der Waals surface area contributed by atoms with E-state index in [4.69, 9.17) is 9.26 Å². The minimum atomic E-state index is -1.03. The summed E-state index contributed by atoms with van der Waals surface area (Å²) in [5, 5.41) is 11.0. The van der Waals surface area contributed by atoms with Gasteiger partial charge >= 0.3 is 5.97 Å². The van der Waals surface area contributed by atoms with Crippen molar-refractivity contribution in [3.05, 3.63) is 11.8 Å². The summed E-state index contributed by atoms with van der Waals surface area (Å²) in [6.07, 6.45) is -0.655. The predicted molar refractivity (Wildman–Crippen MR) is 74.9 cm³/mol. The van der Waals surface area contributed by atoms with Crippen LogP contribution in [0.2, 0.25) is 0 Å². The minimum Gasteiger partial charge on any atom is -0.448 e. The van der Waals surface area contributed by atoms with Crippen LogP contribution < -0.4 is 5.32 Å². The van der Waals surface area contributed by atoms with Crippen molar-refractivity contribution in [1.82, 2.24) is 10.2 Å². The van der Waals surface area contributed by atoms with Crippen LogP contribution in [0.4, 0.5) is 5.82 Å². The molecule has 0 saturated heterocycles. The number of aryl methyl sites for hydroxylation is 1. The number of hydrogen-bond acceptors (Lipinski definition) is 7. The Bertz CT molecular complexity index is 636. The first-order valence-corrected chi connectivity index (χ1v) is 6.66. The van der Waals surface area contributed by atoms with E-state index in [0.717, 1.165) is 5.01 Å². The van der Waals surface area contributed by atoms with Gasteiger partial charge in [-0.1, -0.05) is 5.16 Å². The van der Waals surface area contributed by atoms with Gasteiger partial charge in [-0.2, -0.15) is 5.10 Å². The monoisotopic (exact) mass is 308 g/mol. The third-order valence-electron chi connectivity index (χ3n) is 2.98. The van der Waals surface area contributed by atoms with Crippen molar-refractivity contribution in [3.63, 3.8) is 0 Å². The maximum atomic E-state index is 11.9. The highest BCUT2D eigenvalue weighted by atomic mass is 16.5. The van der Waals surface area contributed by atoms with Gasteiger partial charge in [0.15, 0.2) is 11.9 Å². The molecule has 0 radical (unpaired) electrons. The molecule has 1 aliphatic heterocycles. The topological polar surface area (TPSA) is 114 Å². The molecule has 2 heterocycles. The first kappa shape index (κ1) is 15.7. The smallest absolute Gasteiger partial charge is 0.355 e. The fourth-order valence-corrected chi connectivity index (χ4v) is 1.75. The summed E-state index contributed by atoms with van der Waals surface area (Å²) >= 11 is 0. The zero-order chi connectivity index (χ0) is 16.3. The number of carbonyl (C=O) groups excluding carboxylic acids is 3. The number of aromatic nitrogens is 1. The standard InChI is InChI=1S/C13H16N4O5/c1-7-6-10(16-22-7)14-12(19)8(2)21-13(20)9-4-5-11(18)17(3)15-9/h6,8H,4-5H2,1-3H3,(H,14,16,19)/t8-/m0/s1. The molecule has 118 valence electrons. The van der Waals surface area contributed by atoms with Crippen molar-refractivity contribution in [2.75, 3.05) is 12.4 Å². The van der Waals surface area contributed by atoms with Gasteiger partial charge in [0.1, 0.15) is 11.5 Å². The molecule has 2 rings (SSSR count). The summed E-state index contributed by atoms with van der Waals surface area (Å²) in [5.74, 6) is -0.653. The number of ether oxygens (including phenoxy) is 1. The van der Waals surface area contributed by atoms with Crippen LogP contribution in [-0.4, -0.2) is 46.8 Å². The second kappa shape index (κ2) is 6.37. The second-order valence-electron chi connectivity index (χ2n) is 4.82. The summed E-state index contributed by atoms with van der Waals surface area (Å²) in [6, 6.07) is 1.54. The molecule has 0 aliphatic carbocycles. The Kier molecular flexibility index (Phi) is 4.54. The van der Waals surface area contributed by atoms with Gasteiger partial charge in [0.05, 0.1) is 0 Å². The van der Waals surface area contributed by atoms with Gasteiger partial charge in [0, 0.05) is 26.0 Å². The zero-order valence-corrected chi connectivity index (χ0v) is 12.5. The Morgan fingerprint density at radius 3 is 2.77 bits per heavy atom. The lowest BCUT2D eigenvalue weighted by Gasteiger charge is -2.19. The first-order chi connectivity index (χ1) is 10.4. The van der Waals surface area contributed by atoms with E-state index in [0.29, 0.717) is 5.76 Å². The number of anilines is 1. The second-order valence-corrected chi connectivity index (χ2v) is 4.82. The van der Waals surface area contributed by atoms with Crippen molar-refractivity contribution in [1.29, 1.82) is 0 Å². The Hall–Kier alpha value is -2.71. The molecule has 0 unspecified atom stereocenters. The summed E-state index contributed by atoms with van der Waals surface area (Å²) in [4.78, 5) is 35.1. The molecule has 22 heavy (non-hydrogen) atoms. The number of rotatable bonds is 4. The van der Waals surface area contributed by atoms with Crippen LogP contribution >= 0.6 is 0 Å². The van der Waals surface area contributed by atoms with Gasteiger partial charge in [0.2, 0.25) is 5.91 Å². The summed E-state index contributed by atoms with van der Waals surface area (Å²) in [6.45, 7) is 3.11. The molecule has 1 aromatic rings. The van der Waals surface area contributed by atoms with E-state index in [1.54, 1.807) is 6.92 Å². The number of esters is 1. The number of carbonyl (C=O) groups is 3. The Balaban J connectivity index is 1.92. The molecular weight excluding hydrogens is 292 g/mol. The fourth-order valence-electron chi connectivity index (χ4n) is 1.75. The third kappa shape index (κ3) is 3.68. The van der Waals surface area contributed by atoms with Crippen LogP contribution in [0, 0.1) is 6.92 Å². The molecule has 1 atom stereocenters. The van der Waals surface area contributed by atoms with Crippen LogP contribution in [0.1, 0.15) is 25.5 Å². The van der Waals surface area contributed by atoms with Gasteiger partial charge in [-0.25, -0.2) is 9.80 Å². The van der Waals surface area contributed by atoms with Crippen LogP contribution in [-0.2, 0) is 19.1 Å². The van der Waals surface area contributed by atoms with Crippen molar-refractivity contribution in [2.24, 2.45) is 5.10 Å². The van der Waals surface area contributed by atoms with E-state index in [9.17, 15) is 14.4 Å². The number of nitrogens with one attached hydrogen (secondary N) is 1. The highest BCUT2D eigenvalue weighted by Gasteiger charge is 2.26. The van der Waals surface area contributed by atoms with E-state index >= 15 is 0 Å². The highest BCUT2D eigenvalue weighted by molar-refractivity contribution is 6.37. The molecule has 1 N–H and O–H groups in total. The molecule has 1 aliphatic rings. The molecule has 0 saturated carbocycles. The number of hydrazone groups is 1. The molecule has 0 bridgehead atoms.